The molecule has 4 heteroatoms. The number of anilines is 1. The lowest BCUT2D eigenvalue weighted by Gasteiger charge is -2.08. The summed E-state index contributed by atoms with van der Waals surface area (Å²) < 4.78 is 0. The number of carbonyl (C=O) groups excluding carboxylic acids is 1. The number of hydrogen-bond donors (Lipinski definition) is 2. The van der Waals surface area contributed by atoms with Crippen molar-refractivity contribution in [1.82, 2.24) is 0 Å². The molecule has 0 atom stereocenters. The summed E-state index contributed by atoms with van der Waals surface area (Å²) in [5.41, 5.74) is 5.88. The molecule has 0 aliphatic heterocycles. The number of nitrogens with two attached hydrogens (primary N) is 1. The van der Waals surface area contributed by atoms with E-state index >= 15 is 0 Å². The summed E-state index contributed by atoms with van der Waals surface area (Å²) in [6.45, 7) is 0. The van der Waals surface area contributed by atoms with Gasteiger partial charge < -0.3 is 11.1 Å². The molecule has 0 saturated heterocycles. The minimum atomic E-state index is -0.622. The molecule has 0 spiro atoms. The Morgan fingerprint density at radius 1 is 1.12 bits per heavy atom. The van der Waals surface area contributed by atoms with Crippen LogP contribution >= 0.6 is 12.2 Å². The van der Waals surface area contributed by atoms with Crippen molar-refractivity contribution in [2.75, 3.05) is 5.32 Å². The van der Waals surface area contributed by atoms with E-state index in [9.17, 15) is 4.79 Å². The summed E-state index contributed by atoms with van der Waals surface area (Å²) in [4.78, 5) is 10.9. The SMILES string of the molecule is NC(=O)C(=S)Nc1cccc2ccccc12. The lowest BCUT2D eigenvalue weighted by atomic mass is 10.1. The molecule has 3 nitrogen and oxygen atoms in total. The van der Waals surface area contributed by atoms with Gasteiger partial charge in [-0.1, -0.05) is 48.6 Å². The van der Waals surface area contributed by atoms with E-state index in [-0.39, 0.29) is 4.99 Å². The van der Waals surface area contributed by atoms with Crippen molar-refractivity contribution in [2.24, 2.45) is 5.73 Å². The molecule has 80 valence electrons. The predicted octanol–water partition coefficient (Wildman–Crippen LogP) is 2.06. The van der Waals surface area contributed by atoms with Crippen LogP contribution in [0.25, 0.3) is 10.8 Å². The average molecular weight is 230 g/mol. The van der Waals surface area contributed by atoms with E-state index in [4.69, 9.17) is 18.0 Å². The van der Waals surface area contributed by atoms with Crippen LogP contribution in [0.1, 0.15) is 0 Å². The van der Waals surface area contributed by atoms with Crippen LogP contribution < -0.4 is 11.1 Å². The van der Waals surface area contributed by atoms with E-state index < -0.39 is 5.91 Å². The summed E-state index contributed by atoms with van der Waals surface area (Å²) in [5.74, 6) is -0.622. The number of amides is 1. The van der Waals surface area contributed by atoms with E-state index in [1.54, 1.807) is 0 Å². The first-order chi connectivity index (χ1) is 7.68. The molecule has 3 N–H and O–H groups in total. The standard InChI is InChI=1S/C12H10N2OS/c13-11(15)12(16)14-10-7-3-5-8-4-1-2-6-9(8)10/h1-7H,(H2,13,15)(H,14,16). The van der Waals surface area contributed by atoms with Crippen molar-refractivity contribution < 1.29 is 4.79 Å². The zero-order valence-electron chi connectivity index (χ0n) is 8.44. The Hall–Kier alpha value is -1.94. The van der Waals surface area contributed by atoms with Crippen molar-refractivity contribution in [2.45, 2.75) is 0 Å². The number of nitrogens with one attached hydrogen (secondary N) is 1. The van der Waals surface area contributed by atoms with Crippen LogP contribution in [0.4, 0.5) is 5.69 Å². The molecule has 0 radical (unpaired) electrons. The van der Waals surface area contributed by atoms with Crippen molar-refractivity contribution in [3.8, 4) is 0 Å². The van der Waals surface area contributed by atoms with Crippen molar-refractivity contribution in [1.29, 1.82) is 0 Å². The highest BCUT2D eigenvalue weighted by molar-refractivity contribution is 7.82. The highest BCUT2D eigenvalue weighted by Gasteiger charge is 2.06. The molecule has 0 saturated carbocycles. The fourth-order valence-electron chi connectivity index (χ4n) is 1.52. The van der Waals surface area contributed by atoms with E-state index in [0.29, 0.717) is 0 Å². The quantitative estimate of drug-likeness (QED) is 0.737. The van der Waals surface area contributed by atoms with Crippen LogP contribution in [0, 0.1) is 0 Å². The van der Waals surface area contributed by atoms with Crippen LogP contribution in [0.5, 0.6) is 0 Å². The molecular formula is C12H10N2OS. The number of primary amides is 1. The van der Waals surface area contributed by atoms with Crippen molar-refractivity contribution in [3.63, 3.8) is 0 Å². The molecule has 0 bridgehead atoms. The van der Waals surface area contributed by atoms with E-state index in [1.807, 2.05) is 42.5 Å². The van der Waals surface area contributed by atoms with Gasteiger partial charge in [0.2, 0.25) is 0 Å². The van der Waals surface area contributed by atoms with Gasteiger partial charge in [0.1, 0.15) is 0 Å². The van der Waals surface area contributed by atoms with Crippen LogP contribution in [0.3, 0.4) is 0 Å². The first-order valence-electron chi connectivity index (χ1n) is 4.77. The van der Waals surface area contributed by atoms with E-state index in [2.05, 4.69) is 5.32 Å². The van der Waals surface area contributed by atoms with Crippen LogP contribution in [-0.4, -0.2) is 10.9 Å². The summed E-state index contributed by atoms with van der Waals surface area (Å²) in [6.07, 6.45) is 0. The second kappa shape index (κ2) is 4.28. The minimum Gasteiger partial charge on any atom is -0.364 e. The van der Waals surface area contributed by atoms with Crippen LogP contribution in [0.2, 0.25) is 0 Å². The van der Waals surface area contributed by atoms with E-state index in [0.717, 1.165) is 16.5 Å². The second-order valence-electron chi connectivity index (χ2n) is 3.35. The van der Waals surface area contributed by atoms with Gasteiger partial charge >= 0.3 is 0 Å². The zero-order chi connectivity index (χ0) is 11.5. The largest absolute Gasteiger partial charge is 0.364 e. The van der Waals surface area contributed by atoms with Gasteiger partial charge in [-0.3, -0.25) is 4.79 Å². The molecule has 2 aromatic rings. The van der Waals surface area contributed by atoms with Gasteiger partial charge in [0, 0.05) is 11.1 Å². The first kappa shape index (κ1) is 10.6. The number of carbonyl (C=O) groups is 1. The third-order valence-electron chi connectivity index (χ3n) is 2.26. The smallest absolute Gasteiger partial charge is 0.276 e. The summed E-state index contributed by atoms with van der Waals surface area (Å²) in [6, 6.07) is 13.6. The predicted molar refractivity (Wildman–Crippen MR) is 69.4 cm³/mol. The molecule has 1 amide bonds. The number of thiocarbonyl (C=S) groups is 1. The second-order valence-corrected chi connectivity index (χ2v) is 3.75. The first-order valence-corrected chi connectivity index (χ1v) is 5.18. The molecule has 2 aromatic carbocycles. The van der Waals surface area contributed by atoms with Crippen LogP contribution in [0.15, 0.2) is 42.5 Å². The molecule has 16 heavy (non-hydrogen) atoms. The molecule has 0 heterocycles. The summed E-state index contributed by atoms with van der Waals surface area (Å²) in [5, 5.41) is 4.93. The lowest BCUT2D eigenvalue weighted by Crippen LogP contribution is -2.27. The third kappa shape index (κ3) is 2.01. The van der Waals surface area contributed by atoms with Gasteiger partial charge in [-0.2, -0.15) is 0 Å². The number of fused-ring (bicyclic) bond motifs is 1. The molecule has 0 fully saturated rings. The minimum absolute atomic E-state index is 0.0244. The molecule has 0 unspecified atom stereocenters. The number of rotatable bonds is 1. The lowest BCUT2D eigenvalue weighted by molar-refractivity contribution is -0.111. The molecular weight excluding hydrogens is 220 g/mol. The van der Waals surface area contributed by atoms with E-state index in [1.165, 1.54) is 0 Å². The Morgan fingerprint density at radius 3 is 2.56 bits per heavy atom. The Morgan fingerprint density at radius 2 is 1.81 bits per heavy atom. The highest BCUT2D eigenvalue weighted by atomic mass is 32.1. The van der Waals surface area contributed by atoms with Gasteiger partial charge in [0.05, 0.1) is 0 Å². The number of benzene rings is 2. The van der Waals surface area contributed by atoms with Gasteiger partial charge in [-0.05, 0) is 11.5 Å². The normalized spacial score (nSPS) is 10.0. The Balaban J connectivity index is 2.45. The van der Waals surface area contributed by atoms with Crippen LogP contribution in [-0.2, 0) is 4.79 Å². The van der Waals surface area contributed by atoms with Crippen molar-refractivity contribution >= 4 is 39.6 Å². The van der Waals surface area contributed by atoms with Gasteiger partial charge in [0.25, 0.3) is 5.91 Å². The fraction of sp³-hybridized carbons (Fsp3) is 0. The van der Waals surface area contributed by atoms with Gasteiger partial charge in [-0.25, -0.2) is 0 Å². The summed E-state index contributed by atoms with van der Waals surface area (Å²) in [7, 11) is 0. The van der Waals surface area contributed by atoms with Gasteiger partial charge in [0.15, 0.2) is 4.99 Å². The molecule has 0 aromatic heterocycles. The maximum atomic E-state index is 10.9. The van der Waals surface area contributed by atoms with Gasteiger partial charge in [-0.15, -0.1) is 0 Å². The maximum absolute atomic E-state index is 10.9. The van der Waals surface area contributed by atoms with Crippen molar-refractivity contribution in [3.05, 3.63) is 42.5 Å². The molecule has 0 aliphatic carbocycles. The average Bonchev–Trinajstić information content (AvgIpc) is 2.29. The Labute approximate surface area is 98.3 Å². The maximum Gasteiger partial charge on any atom is 0.276 e. The third-order valence-corrected chi connectivity index (χ3v) is 2.56. The summed E-state index contributed by atoms with van der Waals surface area (Å²) >= 11 is 4.84. The highest BCUT2D eigenvalue weighted by Crippen LogP contribution is 2.22. The Bertz CT molecular complexity index is 560. The topological polar surface area (TPSA) is 55.1 Å². The number of hydrogen-bond acceptors (Lipinski definition) is 2. The fourth-order valence-corrected chi connectivity index (χ4v) is 1.63. The Kier molecular flexibility index (Phi) is 2.83. The zero-order valence-corrected chi connectivity index (χ0v) is 9.25. The molecule has 0 aliphatic rings. The monoisotopic (exact) mass is 230 g/mol. The molecule has 2 rings (SSSR count).